The molecule has 164 valence electrons. The zero-order chi connectivity index (χ0) is 22.1. The smallest absolute Gasteiger partial charge is 0.322 e. The van der Waals surface area contributed by atoms with Crippen molar-refractivity contribution in [3.8, 4) is 0 Å². The third-order valence-electron chi connectivity index (χ3n) is 5.38. The van der Waals surface area contributed by atoms with Crippen molar-refractivity contribution in [3.05, 3.63) is 48.0 Å². The quantitative estimate of drug-likeness (QED) is 0.575. The molecule has 2 N–H and O–H groups in total. The lowest BCUT2D eigenvalue weighted by molar-refractivity contribution is -0.142. The predicted octanol–water partition coefficient (Wildman–Crippen LogP) is 3.28. The lowest BCUT2D eigenvalue weighted by Gasteiger charge is -2.27. The van der Waals surface area contributed by atoms with E-state index in [0.29, 0.717) is 31.2 Å². The van der Waals surface area contributed by atoms with E-state index in [2.05, 4.69) is 32.2 Å². The van der Waals surface area contributed by atoms with E-state index in [9.17, 15) is 14.4 Å². The second kappa shape index (κ2) is 11.5. The van der Waals surface area contributed by atoms with Crippen LogP contribution in [-0.2, 0) is 20.8 Å². The van der Waals surface area contributed by atoms with Gasteiger partial charge in [-0.25, -0.2) is 0 Å². The Hall–Kier alpha value is -2.63. The van der Waals surface area contributed by atoms with Crippen LogP contribution in [0.5, 0.6) is 0 Å². The number of carbonyl (C=O) groups is 3. The Labute approximate surface area is 179 Å². The van der Waals surface area contributed by atoms with E-state index >= 15 is 0 Å². The lowest BCUT2D eigenvalue weighted by Crippen LogP contribution is -2.48. The molecule has 0 bridgehead atoms. The maximum absolute atomic E-state index is 13.4. The van der Waals surface area contributed by atoms with Gasteiger partial charge < -0.3 is 15.3 Å². The van der Waals surface area contributed by atoms with Crippen molar-refractivity contribution in [3.63, 3.8) is 0 Å². The average molecular weight is 415 g/mol. The monoisotopic (exact) mass is 414 g/mol. The van der Waals surface area contributed by atoms with Gasteiger partial charge in [-0.15, -0.1) is 0 Å². The Morgan fingerprint density at radius 2 is 1.87 bits per heavy atom. The number of rotatable bonds is 10. The van der Waals surface area contributed by atoms with Crippen molar-refractivity contribution in [2.45, 2.75) is 52.5 Å². The van der Waals surface area contributed by atoms with Crippen LogP contribution in [0.2, 0.25) is 0 Å². The first-order valence-electron chi connectivity index (χ1n) is 10.8. The summed E-state index contributed by atoms with van der Waals surface area (Å²) in [5, 5.41) is 11.2. The van der Waals surface area contributed by atoms with Gasteiger partial charge in [-0.1, -0.05) is 63.3 Å². The number of nitrogens with one attached hydrogen (secondary N) is 1. The molecule has 1 aliphatic heterocycles. The summed E-state index contributed by atoms with van der Waals surface area (Å²) in [5.41, 5.74) is 1.07. The largest absolute Gasteiger partial charge is 0.480 e. The Morgan fingerprint density at radius 3 is 2.50 bits per heavy atom. The second-order valence-electron chi connectivity index (χ2n) is 8.59. The number of allylic oxidation sites excluding steroid dienone is 1. The van der Waals surface area contributed by atoms with Crippen molar-refractivity contribution < 1.29 is 19.5 Å². The maximum Gasteiger partial charge on any atom is 0.322 e. The number of hydrogen-bond donors (Lipinski definition) is 2. The molecule has 0 radical (unpaired) electrons. The van der Waals surface area contributed by atoms with Crippen LogP contribution in [0.3, 0.4) is 0 Å². The van der Waals surface area contributed by atoms with E-state index in [-0.39, 0.29) is 17.7 Å². The third-order valence-corrected chi connectivity index (χ3v) is 5.38. The van der Waals surface area contributed by atoms with Crippen LogP contribution in [0.4, 0.5) is 0 Å². The van der Waals surface area contributed by atoms with Crippen molar-refractivity contribution in [1.82, 2.24) is 10.2 Å². The number of carbonyl (C=O) groups excluding carboxylic acids is 2. The summed E-state index contributed by atoms with van der Waals surface area (Å²) in [6, 6.07) is 9.28. The van der Waals surface area contributed by atoms with Gasteiger partial charge >= 0.3 is 5.97 Å². The molecule has 0 aromatic heterocycles. The molecular formula is C24H34N2O4. The second-order valence-corrected chi connectivity index (χ2v) is 8.59. The van der Waals surface area contributed by atoms with Crippen LogP contribution < -0.4 is 5.32 Å². The molecule has 6 nitrogen and oxygen atoms in total. The number of aliphatic carboxylic acids is 1. The van der Waals surface area contributed by atoms with E-state index < -0.39 is 18.6 Å². The highest BCUT2D eigenvalue weighted by atomic mass is 16.4. The maximum atomic E-state index is 13.4. The van der Waals surface area contributed by atoms with E-state index in [0.717, 1.165) is 18.4 Å². The Kier molecular flexibility index (Phi) is 9.09. The molecule has 1 saturated heterocycles. The molecule has 0 unspecified atom stereocenters. The van der Waals surface area contributed by atoms with Gasteiger partial charge in [-0.3, -0.25) is 14.4 Å². The summed E-state index contributed by atoms with van der Waals surface area (Å²) in [7, 11) is 0. The number of likely N-dealkylation sites (tertiary alicyclic amines) is 1. The number of amides is 2. The highest BCUT2D eigenvalue weighted by molar-refractivity contribution is 5.91. The highest BCUT2D eigenvalue weighted by Gasteiger charge is 2.36. The molecular weight excluding hydrogens is 380 g/mol. The molecule has 1 aromatic rings. The molecule has 30 heavy (non-hydrogen) atoms. The minimum absolute atomic E-state index is 0.0696. The minimum Gasteiger partial charge on any atom is -0.480 e. The molecule has 0 saturated carbocycles. The molecule has 2 rings (SSSR count). The predicted molar refractivity (Wildman–Crippen MR) is 117 cm³/mol. The first kappa shape index (κ1) is 23.6. The number of nitrogens with zero attached hydrogens (tertiary/aromatic N) is 1. The number of hydrogen-bond acceptors (Lipinski definition) is 3. The fraction of sp³-hybridized carbons (Fsp3) is 0.542. The van der Waals surface area contributed by atoms with Crippen LogP contribution in [0.25, 0.3) is 0 Å². The number of benzene rings is 1. The molecule has 1 fully saturated rings. The standard InChI is InChI=1S/C24H34N2O4/c1-17(2)14-18(3)11-12-20(15-19-8-5-4-6-9-19)24(30)26-13-7-10-21(26)23(29)25-16-22(27)28/h4-6,8-9,11-12,17-18,20-21H,7,10,13-16H2,1-3H3,(H,25,29)(H,27,28)/b12-11+/t18-,20-,21+/m1/s1. The van der Waals surface area contributed by atoms with Gasteiger partial charge in [0.2, 0.25) is 11.8 Å². The van der Waals surface area contributed by atoms with Gasteiger partial charge in [0.25, 0.3) is 0 Å². The summed E-state index contributed by atoms with van der Waals surface area (Å²) >= 11 is 0. The van der Waals surface area contributed by atoms with Crippen LogP contribution in [0, 0.1) is 17.8 Å². The van der Waals surface area contributed by atoms with E-state index in [4.69, 9.17) is 5.11 Å². The topological polar surface area (TPSA) is 86.7 Å². The normalized spacial score (nSPS) is 18.5. The number of carboxylic acid groups (broad SMARTS) is 1. The van der Waals surface area contributed by atoms with Crippen molar-refractivity contribution in [2.24, 2.45) is 17.8 Å². The molecule has 2 amide bonds. The van der Waals surface area contributed by atoms with Gasteiger partial charge in [-0.05, 0) is 43.1 Å². The molecule has 3 atom stereocenters. The van der Waals surface area contributed by atoms with Gasteiger partial charge in [0.15, 0.2) is 0 Å². The zero-order valence-electron chi connectivity index (χ0n) is 18.2. The fourth-order valence-corrected chi connectivity index (χ4v) is 4.05. The molecule has 1 aliphatic rings. The third kappa shape index (κ3) is 7.32. The van der Waals surface area contributed by atoms with Crippen LogP contribution >= 0.6 is 0 Å². The lowest BCUT2D eigenvalue weighted by atomic mass is 9.93. The van der Waals surface area contributed by atoms with Crippen molar-refractivity contribution in [1.29, 1.82) is 0 Å². The first-order chi connectivity index (χ1) is 14.3. The number of carboxylic acids is 1. The van der Waals surface area contributed by atoms with Gasteiger partial charge in [0, 0.05) is 6.54 Å². The molecule has 0 spiro atoms. The Balaban J connectivity index is 2.16. The minimum atomic E-state index is -1.09. The van der Waals surface area contributed by atoms with Crippen LogP contribution in [-0.4, -0.2) is 46.9 Å². The zero-order valence-corrected chi connectivity index (χ0v) is 18.2. The van der Waals surface area contributed by atoms with Crippen LogP contribution in [0.1, 0.15) is 45.6 Å². The van der Waals surface area contributed by atoms with E-state index in [1.54, 1.807) is 4.90 Å². The highest BCUT2D eigenvalue weighted by Crippen LogP contribution is 2.24. The van der Waals surface area contributed by atoms with Gasteiger partial charge in [0.1, 0.15) is 12.6 Å². The first-order valence-corrected chi connectivity index (χ1v) is 10.8. The Morgan fingerprint density at radius 1 is 1.17 bits per heavy atom. The summed E-state index contributed by atoms with van der Waals surface area (Å²) in [4.78, 5) is 38.3. The molecule has 6 heteroatoms. The van der Waals surface area contributed by atoms with Gasteiger partial charge in [-0.2, -0.15) is 0 Å². The molecule has 0 aliphatic carbocycles. The van der Waals surface area contributed by atoms with Crippen molar-refractivity contribution in [2.75, 3.05) is 13.1 Å². The summed E-state index contributed by atoms with van der Waals surface area (Å²) in [6.45, 7) is 6.60. The molecule has 1 heterocycles. The molecule has 1 aromatic carbocycles. The van der Waals surface area contributed by atoms with Gasteiger partial charge in [0.05, 0.1) is 5.92 Å². The SMILES string of the molecule is CC(C)C[C@H](C)/C=C/[C@H](Cc1ccccc1)C(=O)N1CCC[C@H]1C(=O)NCC(=O)O. The summed E-state index contributed by atoms with van der Waals surface area (Å²) in [5.74, 6) is -0.963. The van der Waals surface area contributed by atoms with E-state index in [1.807, 2.05) is 36.4 Å². The average Bonchev–Trinajstić information content (AvgIpc) is 3.19. The summed E-state index contributed by atoms with van der Waals surface area (Å²) in [6.07, 6.45) is 7.02. The fourth-order valence-electron chi connectivity index (χ4n) is 4.05. The van der Waals surface area contributed by atoms with Crippen molar-refractivity contribution >= 4 is 17.8 Å². The van der Waals surface area contributed by atoms with E-state index in [1.165, 1.54) is 0 Å². The van der Waals surface area contributed by atoms with Crippen LogP contribution in [0.15, 0.2) is 42.5 Å². The Bertz CT molecular complexity index is 745. The summed E-state index contributed by atoms with van der Waals surface area (Å²) < 4.78 is 0.